The van der Waals surface area contributed by atoms with Crippen molar-refractivity contribution in [2.75, 3.05) is 18.0 Å². The van der Waals surface area contributed by atoms with Crippen molar-refractivity contribution in [1.29, 1.82) is 0 Å². The second-order valence-electron chi connectivity index (χ2n) is 4.48. The van der Waals surface area contributed by atoms with Crippen molar-refractivity contribution in [3.63, 3.8) is 0 Å². The average Bonchev–Trinajstić information content (AvgIpc) is 2.27. The molecule has 1 saturated heterocycles. The smallest absolute Gasteiger partial charge is 0.152 e. The van der Waals surface area contributed by atoms with Crippen molar-refractivity contribution in [2.45, 2.75) is 26.1 Å². The van der Waals surface area contributed by atoms with E-state index >= 15 is 0 Å². The summed E-state index contributed by atoms with van der Waals surface area (Å²) < 4.78 is 6.62. The molecule has 92 valence electrons. The largest absolute Gasteiger partial charge is 0.372 e. The fourth-order valence-corrected chi connectivity index (χ4v) is 2.66. The van der Waals surface area contributed by atoms with Crippen LogP contribution in [-0.2, 0) is 4.74 Å². The first-order chi connectivity index (χ1) is 8.10. The fraction of sp³-hybridized carbons (Fsp3) is 0.462. The van der Waals surface area contributed by atoms with E-state index in [1.165, 1.54) is 0 Å². The minimum absolute atomic E-state index is 0.196. The van der Waals surface area contributed by atoms with E-state index in [4.69, 9.17) is 4.74 Å². The van der Waals surface area contributed by atoms with Crippen LogP contribution in [0.2, 0.25) is 0 Å². The lowest BCUT2D eigenvalue weighted by Crippen LogP contribution is -2.45. The Kier molecular flexibility index (Phi) is 3.84. The summed E-state index contributed by atoms with van der Waals surface area (Å²) in [5, 5.41) is 0. The van der Waals surface area contributed by atoms with Gasteiger partial charge in [0.1, 0.15) is 0 Å². The molecule has 1 aliphatic rings. The van der Waals surface area contributed by atoms with Crippen LogP contribution in [0.25, 0.3) is 0 Å². The second-order valence-corrected chi connectivity index (χ2v) is 5.40. The van der Waals surface area contributed by atoms with E-state index in [1.54, 1.807) is 0 Å². The number of halogens is 1. The number of aldehydes is 1. The minimum atomic E-state index is 0.196. The minimum Gasteiger partial charge on any atom is -0.372 e. The van der Waals surface area contributed by atoms with Crippen molar-refractivity contribution < 1.29 is 9.53 Å². The Balaban J connectivity index is 2.29. The summed E-state index contributed by atoms with van der Waals surface area (Å²) in [4.78, 5) is 13.3. The molecule has 1 aliphatic heterocycles. The van der Waals surface area contributed by atoms with Crippen LogP contribution in [-0.4, -0.2) is 31.6 Å². The van der Waals surface area contributed by atoms with Gasteiger partial charge in [-0.1, -0.05) is 15.9 Å². The third-order valence-corrected chi connectivity index (χ3v) is 3.37. The zero-order valence-electron chi connectivity index (χ0n) is 10.0. The summed E-state index contributed by atoms with van der Waals surface area (Å²) in [6, 6.07) is 5.80. The summed E-state index contributed by atoms with van der Waals surface area (Å²) in [5.74, 6) is 0. The molecule has 1 aromatic rings. The summed E-state index contributed by atoms with van der Waals surface area (Å²) in [6.07, 6.45) is 1.30. The normalized spacial score (nSPS) is 24.8. The van der Waals surface area contributed by atoms with Gasteiger partial charge in [0.15, 0.2) is 6.29 Å². The van der Waals surface area contributed by atoms with Crippen molar-refractivity contribution in [3.05, 3.63) is 28.2 Å². The lowest BCUT2D eigenvalue weighted by atomic mass is 10.1. The molecule has 0 unspecified atom stereocenters. The SMILES string of the molecule is C[C@@H]1CN(c2ccc(Br)cc2C=O)C[C@@H](C)O1. The maximum Gasteiger partial charge on any atom is 0.152 e. The van der Waals surface area contributed by atoms with Crippen LogP contribution < -0.4 is 4.90 Å². The molecule has 0 N–H and O–H groups in total. The van der Waals surface area contributed by atoms with Gasteiger partial charge in [-0.15, -0.1) is 0 Å². The molecule has 2 rings (SSSR count). The molecule has 0 aliphatic carbocycles. The van der Waals surface area contributed by atoms with Gasteiger partial charge in [0.25, 0.3) is 0 Å². The average molecular weight is 298 g/mol. The number of morpholine rings is 1. The highest BCUT2D eigenvalue weighted by atomic mass is 79.9. The Bertz CT molecular complexity index is 412. The highest BCUT2D eigenvalue weighted by Crippen LogP contribution is 2.26. The van der Waals surface area contributed by atoms with Crippen LogP contribution in [0.15, 0.2) is 22.7 Å². The van der Waals surface area contributed by atoms with Gasteiger partial charge in [0.2, 0.25) is 0 Å². The molecule has 1 aromatic carbocycles. The van der Waals surface area contributed by atoms with Gasteiger partial charge in [-0.25, -0.2) is 0 Å². The molecular formula is C13H16BrNO2. The van der Waals surface area contributed by atoms with E-state index < -0.39 is 0 Å². The Morgan fingerprint density at radius 1 is 1.35 bits per heavy atom. The predicted molar refractivity (Wildman–Crippen MR) is 71.8 cm³/mol. The summed E-state index contributed by atoms with van der Waals surface area (Å²) in [5.41, 5.74) is 1.71. The zero-order chi connectivity index (χ0) is 12.4. The second kappa shape index (κ2) is 5.19. The van der Waals surface area contributed by atoms with Crippen LogP contribution in [0.4, 0.5) is 5.69 Å². The van der Waals surface area contributed by atoms with E-state index in [2.05, 4.69) is 34.7 Å². The van der Waals surface area contributed by atoms with Crippen LogP contribution >= 0.6 is 15.9 Å². The number of hydrogen-bond donors (Lipinski definition) is 0. The molecule has 0 radical (unpaired) electrons. The number of carbonyl (C=O) groups excluding carboxylic acids is 1. The molecule has 0 aromatic heterocycles. The van der Waals surface area contributed by atoms with Crippen LogP contribution in [0, 0.1) is 0 Å². The summed E-state index contributed by atoms with van der Waals surface area (Å²) in [7, 11) is 0. The van der Waals surface area contributed by atoms with Crippen LogP contribution in [0.5, 0.6) is 0 Å². The molecule has 4 heteroatoms. The van der Waals surface area contributed by atoms with E-state index in [0.717, 1.165) is 35.1 Å². The Morgan fingerprint density at radius 2 is 2.00 bits per heavy atom. The first-order valence-electron chi connectivity index (χ1n) is 5.75. The van der Waals surface area contributed by atoms with Crippen molar-refractivity contribution in [3.8, 4) is 0 Å². The third kappa shape index (κ3) is 2.87. The quantitative estimate of drug-likeness (QED) is 0.786. The Hall–Kier alpha value is -0.870. The number of benzene rings is 1. The van der Waals surface area contributed by atoms with Gasteiger partial charge in [0.05, 0.1) is 12.2 Å². The molecule has 1 fully saturated rings. The number of ether oxygens (including phenoxy) is 1. The molecule has 17 heavy (non-hydrogen) atoms. The lowest BCUT2D eigenvalue weighted by Gasteiger charge is -2.37. The summed E-state index contributed by atoms with van der Waals surface area (Å²) in [6.45, 7) is 5.77. The van der Waals surface area contributed by atoms with Gasteiger partial charge in [-0.2, -0.15) is 0 Å². The highest BCUT2D eigenvalue weighted by Gasteiger charge is 2.23. The molecule has 1 heterocycles. The molecule has 3 nitrogen and oxygen atoms in total. The van der Waals surface area contributed by atoms with Crippen molar-refractivity contribution in [1.82, 2.24) is 0 Å². The molecular weight excluding hydrogens is 282 g/mol. The maximum atomic E-state index is 11.1. The Labute approximate surface area is 110 Å². The van der Waals surface area contributed by atoms with Crippen LogP contribution in [0.3, 0.4) is 0 Å². The first kappa shape index (κ1) is 12.6. The molecule has 0 bridgehead atoms. The lowest BCUT2D eigenvalue weighted by molar-refractivity contribution is -0.00525. The topological polar surface area (TPSA) is 29.5 Å². The molecule has 0 saturated carbocycles. The first-order valence-corrected chi connectivity index (χ1v) is 6.54. The van der Waals surface area contributed by atoms with Gasteiger partial charge in [0, 0.05) is 28.8 Å². The third-order valence-electron chi connectivity index (χ3n) is 2.88. The number of anilines is 1. The highest BCUT2D eigenvalue weighted by molar-refractivity contribution is 9.10. The van der Waals surface area contributed by atoms with Crippen molar-refractivity contribution >= 4 is 27.9 Å². The van der Waals surface area contributed by atoms with Crippen LogP contribution in [0.1, 0.15) is 24.2 Å². The van der Waals surface area contributed by atoms with Crippen molar-refractivity contribution in [2.24, 2.45) is 0 Å². The number of rotatable bonds is 2. The number of carbonyl (C=O) groups is 1. The standard InChI is InChI=1S/C13H16BrNO2/c1-9-6-15(7-10(2)17-9)13-4-3-12(14)5-11(13)8-16/h3-5,8-10H,6-7H2,1-2H3/t9-,10-/m1/s1. The maximum absolute atomic E-state index is 11.1. The van der Waals surface area contributed by atoms with Gasteiger partial charge in [-0.05, 0) is 32.0 Å². The van der Waals surface area contributed by atoms with E-state index in [0.29, 0.717) is 0 Å². The Morgan fingerprint density at radius 3 is 2.59 bits per heavy atom. The molecule has 0 amide bonds. The number of nitrogens with zero attached hydrogens (tertiary/aromatic N) is 1. The van der Waals surface area contributed by atoms with E-state index in [-0.39, 0.29) is 12.2 Å². The molecule has 0 spiro atoms. The van der Waals surface area contributed by atoms with Gasteiger partial charge >= 0.3 is 0 Å². The van der Waals surface area contributed by atoms with E-state index in [9.17, 15) is 4.79 Å². The summed E-state index contributed by atoms with van der Waals surface area (Å²) >= 11 is 3.38. The van der Waals surface area contributed by atoms with E-state index in [1.807, 2.05) is 18.2 Å². The molecule has 2 atom stereocenters. The van der Waals surface area contributed by atoms with Gasteiger partial charge < -0.3 is 9.64 Å². The number of hydrogen-bond acceptors (Lipinski definition) is 3. The fourth-order valence-electron chi connectivity index (χ4n) is 2.28. The van der Waals surface area contributed by atoms with Gasteiger partial charge in [-0.3, -0.25) is 4.79 Å². The monoisotopic (exact) mass is 297 g/mol. The predicted octanol–water partition coefficient (Wildman–Crippen LogP) is 2.88. The zero-order valence-corrected chi connectivity index (χ0v) is 11.6.